The fourth-order valence-corrected chi connectivity index (χ4v) is 1.02. The molecule has 0 saturated heterocycles. The molecule has 1 aromatic rings. The van der Waals surface area contributed by atoms with Gasteiger partial charge in [0, 0.05) is 13.1 Å². The van der Waals surface area contributed by atoms with Crippen LogP contribution >= 0.6 is 0 Å². The molecule has 1 heterocycles. The zero-order valence-electron chi connectivity index (χ0n) is 8.69. The van der Waals surface area contributed by atoms with Crippen LogP contribution < -0.4 is 10.6 Å². The van der Waals surface area contributed by atoms with Crippen molar-refractivity contribution < 1.29 is 4.79 Å². The second-order valence-corrected chi connectivity index (χ2v) is 3.45. The molecule has 1 aromatic heterocycles. The van der Waals surface area contributed by atoms with Gasteiger partial charge < -0.3 is 10.6 Å². The highest BCUT2D eigenvalue weighted by Crippen LogP contribution is 2.11. The predicted molar refractivity (Wildman–Crippen MR) is 56.3 cm³/mol. The Balaban J connectivity index is 2.99. The van der Waals surface area contributed by atoms with E-state index < -0.39 is 5.91 Å². The van der Waals surface area contributed by atoms with Crippen LogP contribution in [0.5, 0.6) is 0 Å². The number of hydrogen-bond acceptors (Lipinski definition) is 3. The molecule has 0 unspecified atom stereocenters. The van der Waals surface area contributed by atoms with E-state index in [1.165, 1.54) is 0 Å². The largest absolute Gasteiger partial charge is 0.364 e. The van der Waals surface area contributed by atoms with Crippen molar-refractivity contribution in [3.63, 3.8) is 0 Å². The Morgan fingerprint density at radius 3 is 2.64 bits per heavy atom. The molecule has 1 rings (SSSR count). The first kappa shape index (κ1) is 10.5. The van der Waals surface area contributed by atoms with Gasteiger partial charge in [-0.15, -0.1) is 0 Å². The van der Waals surface area contributed by atoms with Gasteiger partial charge >= 0.3 is 0 Å². The number of pyridine rings is 1. The Hall–Kier alpha value is -1.58. The Labute approximate surface area is 83.7 Å². The number of hydrogen-bond donors (Lipinski definition) is 1. The molecule has 4 nitrogen and oxygen atoms in total. The molecule has 0 atom stereocenters. The Morgan fingerprint density at radius 1 is 1.50 bits per heavy atom. The van der Waals surface area contributed by atoms with E-state index >= 15 is 0 Å². The summed E-state index contributed by atoms with van der Waals surface area (Å²) >= 11 is 0. The van der Waals surface area contributed by atoms with Crippen molar-refractivity contribution in [1.82, 2.24) is 4.98 Å². The lowest BCUT2D eigenvalue weighted by molar-refractivity contribution is 0.0995. The standard InChI is InChI=1S/C10H15N3O/c1-7(2)13(3)9-6-4-5-8(12-9)10(11)14/h4-7H,1-3H3,(H2,11,14). The lowest BCUT2D eigenvalue weighted by atomic mass is 10.3. The van der Waals surface area contributed by atoms with Gasteiger partial charge in [0.1, 0.15) is 11.5 Å². The third-order valence-corrected chi connectivity index (χ3v) is 2.12. The van der Waals surface area contributed by atoms with E-state index in [2.05, 4.69) is 18.8 Å². The molecule has 76 valence electrons. The Bertz CT molecular complexity index is 336. The molecule has 1 amide bonds. The number of amides is 1. The lowest BCUT2D eigenvalue weighted by Crippen LogP contribution is -2.27. The molecule has 0 bridgehead atoms. The number of nitrogens with zero attached hydrogens (tertiary/aromatic N) is 2. The van der Waals surface area contributed by atoms with Crippen molar-refractivity contribution in [2.75, 3.05) is 11.9 Å². The summed E-state index contributed by atoms with van der Waals surface area (Å²) in [7, 11) is 1.93. The van der Waals surface area contributed by atoms with Crippen molar-refractivity contribution in [3.8, 4) is 0 Å². The maximum Gasteiger partial charge on any atom is 0.267 e. The number of primary amides is 1. The van der Waals surface area contributed by atoms with Crippen LogP contribution in [0.15, 0.2) is 18.2 Å². The summed E-state index contributed by atoms with van der Waals surface area (Å²) in [6, 6.07) is 5.58. The molecular weight excluding hydrogens is 178 g/mol. The Kier molecular flexibility index (Phi) is 3.06. The minimum absolute atomic E-state index is 0.301. The van der Waals surface area contributed by atoms with Crippen molar-refractivity contribution in [3.05, 3.63) is 23.9 Å². The molecule has 2 N–H and O–H groups in total. The van der Waals surface area contributed by atoms with E-state index in [1.54, 1.807) is 12.1 Å². The average Bonchev–Trinajstić information content (AvgIpc) is 2.16. The van der Waals surface area contributed by atoms with Gasteiger partial charge in [-0.25, -0.2) is 4.98 Å². The van der Waals surface area contributed by atoms with Crippen molar-refractivity contribution in [2.24, 2.45) is 5.73 Å². The van der Waals surface area contributed by atoms with Gasteiger partial charge in [-0.2, -0.15) is 0 Å². The summed E-state index contributed by atoms with van der Waals surface area (Å²) in [6.07, 6.45) is 0. The number of anilines is 1. The fraction of sp³-hybridized carbons (Fsp3) is 0.400. The SMILES string of the molecule is CC(C)N(C)c1cccc(C(N)=O)n1. The second-order valence-electron chi connectivity index (χ2n) is 3.45. The van der Waals surface area contributed by atoms with E-state index in [-0.39, 0.29) is 0 Å². The van der Waals surface area contributed by atoms with Gasteiger partial charge in [0.15, 0.2) is 0 Å². The predicted octanol–water partition coefficient (Wildman–Crippen LogP) is 1.03. The van der Waals surface area contributed by atoms with Crippen LogP contribution in [-0.4, -0.2) is 24.0 Å². The minimum Gasteiger partial charge on any atom is -0.364 e. The zero-order valence-corrected chi connectivity index (χ0v) is 8.69. The maximum absolute atomic E-state index is 10.9. The first-order valence-electron chi connectivity index (χ1n) is 4.52. The van der Waals surface area contributed by atoms with Gasteiger partial charge in [-0.3, -0.25) is 4.79 Å². The smallest absolute Gasteiger partial charge is 0.267 e. The van der Waals surface area contributed by atoms with Crippen LogP contribution in [0, 0.1) is 0 Å². The molecule has 0 aliphatic heterocycles. The highest BCUT2D eigenvalue weighted by molar-refractivity contribution is 5.91. The first-order chi connectivity index (χ1) is 6.52. The number of carbonyl (C=O) groups excluding carboxylic acids is 1. The number of carbonyl (C=O) groups is 1. The van der Waals surface area contributed by atoms with E-state index in [4.69, 9.17) is 5.73 Å². The first-order valence-corrected chi connectivity index (χ1v) is 4.52. The molecule has 0 saturated carbocycles. The highest BCUT2D eigenvalue weighted by atomic mass is 16.1. The summed E-state index contributed by atoms with van der Waals surface area (Å²) in [5.74, 6) is 0.264. The summed E-state index contributed by atoms with van der Waals surface area (Å²) < 4.78 is 0. The third kappa shape index (κ3) is 2.22. The van der Waals surface area contributed by atoms with Crippen molar-refractivity contribution >= 4 is 11.7 Å². The van der Waals surface area contributed by atoms with Crippen molar-refractivity contribution in [1.29, 1.82) is 0 Å². The summed E-state index contributed by atoms with van der Waals surface area (Å²) in [5, 5.41) is 0. The minimum atomic E-state index is -0.496. The fourth-order valence-electron chi connectivity index (χ4n) is 1.02. The molecule has 0 aromatic carbocycles. The van der Waals surface area contributed by atoms with Gasteiger partial charge in [0.2, 0.25) is 0 Å². The van der Waals surface area contributed by atoms with E-state index in [9.17, 15) is 4.79 Å². The highest BCUT2D eigenvalue weighted by Gasteiger charge is 2.08. The van der Waals surface area contributed by atoms with Gasteiger partial charge in [-0.05, 0) is 26.0 Å². The number of aromatic nitrogens is 1. The molecule has 0 aliphatic rings. The van der Waals surface area contributed by atoms with Gasteiger partial charge in [0.05, 0.1) is 0 Å². The normalized spacial score (nSPS) is 10.3. The molecular formula is C10H15N3O. The van der Waals surface area contributed by atoms with Crippen molar-refractivity contribution in [2.45, 2.75) is 19.9 Å². The van der Waals surface area contributed by atoms with Crippen LogP contribution in [0.4, 0.5) is 5.82 Å². The van der Waals surface area contributed by atoms with E-state index in [1.807, 2.05) is 18.0 Å². The van der Waals surface area contributed by atoms with Gasteiger partial charge in [0.25, 0.3) is 5.91 Å². The Morgan fingerprint density at radius 2 is 2.14 bits per heavy atom. The monoisotopic (exact) mass is 193 g/mol. The maximum atomic E-state index is 10.9. The van der Waals surface area contributed by atoms with Crippen LogP contribution in [0.25, 0.3) is 0 Å². The summed E-state index contributed by atoms with van der Waals surface area (Å²) in [5.41, 5.74) is 5.44. The van der Waals surface area contributed by atoms with Crippen LogP contribution in [0.1, 0.15) is 24.3 Å². The average molecular weight is 193 g/mol. The zero-order chi connectivity index (χ0) is 10.7. The second kappa shape index (κ2) is 4.09. The topological polar surface area (TPSA) is 59.2 Å². The van der Waals surface area contributed by atoms with E-state index in [0.29, 0.717) is 11.7 Å². The molecule has 14 heavy (non-hydrogen) atoms. The number of rotatable bonds is 3. The molecule has 4 heteroatoms. The summed E-state index contributed by atoms with van der Waals surface area (Å²) in [4.78, 5) is 17.0. The van der Waals surface area contributed by atoms with E-state index in [0.717, 1.165) is 5.82 Å². The summed E-state index contributed by atoms with van der Waals surface area (Å²) in [6.45, 7) is 4.11. The lowest BCUT2D eigenvalue weighted by Gasteiger charge is -2.22. The molecule has 0 radical (unpaired) electrons. The van der Waals surface area contributed by atoms with Crippen LogP contribution in [-0.2, 0) is 0 Å². The van der Waals surface area contributed by atoms with Crippen LogP contribution in [0.2, 0.25) is 0 Å². The third-order valence-electron chi connectivity index (χ3n) is 2.12. The van der Waals surface area contributed by atoms with Crippen LogP contribution in [0.3, 0.4) is 0 Å². The molecule has 0 spiro atoms. The molecule has 0 aliphatic carbocycles. The molecule has 0 fully saturated rings. The number of nitrogens with two attached hydrogens (primary N) is 1. The quantitative estimate of drug-likeness (QED) is 0.779. The van der Waals surface area contributed by atoms with Gasteiger partial charge in [-0.1, -0.05) is 6.07 Å².